The van der Waals surface area contributed by atoms with Crippen LogP contribution >= 0.6 is 0 Å². The number of likely N-dealkylation sites (N-methyl/N-ethyl adjacent to an activating group) is 2. The van der Waals surface area contributed by atoms with Crippen LogP contribution in [0.4, 0.5) is 0 Å². The highest BCUT2D eigenvalue weighted by atomic mass is 16.4. The maximum absolute atomic E-state index is 11.5. The van der Waals surface area contributed by atoms with Gasteiger partial charge in [0.25, 0.3) is 0 Å². The van der Waals surface area contributed by atoms with Crippen LogP contribution < -0.4 is 0 Å². The fourth-order valence-corrected chi connectivity index (χ4v) is 0.917. The lowest BCUT2D eigenvalue weighted by Gasteiger charge is -2.24. The SMILES string of the molecule is CC(C)N(C)C(=O)CN(C)CC(=O)O. The molecule has 0 aliphatic rings. The lowest BCUT2D eigenvalue weighted by molar-refractivity contribution is -0.139. The van der Waals surface area contributed by atoms with E-state index in [4.69, 9.17) is 5.11 Å². The lowest BCUT2D eigenvalue weighted by Crippen LogP contribution is -2.41. The van der Waals surface area contributed by atoms with Gasteiger partial charge in [-0.05, 0) is 20.9 Å². The van der Waals surface area contributed by atoms with E-state index in [9.17, 15) is 9.59 Å². The Bertz CT molecular complexity index is 216. The zero-order valence-electron chi connectivity index (χ0n) is 9.15. The molecule has 0 aliphatic carbocycles. The van der Waals surface area contributed by atoms with Gasteiger partial charge < -0.3 is 10.0 Å². The highest BCUT2D eigenvalue weighted by Crippen LogP contribution is 1.95. The van der Waals surface area contributed by atoms with Crippen LogP contribution in [0.3, 0.4) is 0 Å². The summed E-state index contributed by atoms with van der Waals surface area (Å²) in [6.45, 7) is 3.85. The number of carboxylic acid groups (broad SMARTS) is 1. The minimum atomic E-state index is -0.924. The zero-order chi connectivity index (χ0) is 11.3. The summed E-state index contributed by atoms with van der Waals surface area (Å²) >= 11 is 0. The molecule has 0 atom stereocenters. The number of amides is 1. The first-order valence-electron chi connectivity index (χ1n) is 4.50. The Labute approximate surface area is 84.3 Å². The van der Waals surface area contributed by atoms with Crippen molar-refractivity contribution in [3.63, 3.8) is 0 Å². The van der Waals surface area contributed by atoms with Gasteiger partial charge in [-0.1, -0.05) is 0 Å². The Balaban J connectivity index is 3.99. The molecule has 1 amide bonds. The molecule has 0 aromatic rings. The minimum Gasteiger partial charge on any atom is -0.480 e. The predicted octanol–water partition coefficient (Wildman–Crippen LogP) is -0.130. The van der Waals surface area contributed by atoms with E-state index in [0.29, 0.717) is 0 Å². The maximum atomic E-state index is 11.5. The zero-order valence-corrected chi connectivity index (χ0v) is 9.15. The largest absolute Gasteiger partial charge is 0.480 e. The van der Waals surface area contributed by atoms with Gasteiger partial charge in [0, 0.05) is 13.1 Å². The number of nitrogens with zero attached hydrogens (tertiary/aromatic N) is 2. The Morgan fingerprint density at radius 2 is 1.71 bits per heavy atom. The van der Waals surface area contributed by atoms with Crippen LogP contribution in [0.2, 0.25) is 0 Å². The fraction of sp³-hybridized carbons (Fsp3) is 0.778. The molecule has 1 N–H and O–H groups in total. The molecule has 0 unspecified atom stereocenters. The minimum absolute atomic E-state index is 0.0660. The van der Waals surface area contributed by atoms with Crippen molar-refractivity contribution in [3.05, 3.63) is 0 Å². The van der Waals surface area contributed by atoms with Crippen LogP contribution in [0.25, 0.3) is 0 Å². The van der Waals surface area contributed by atoms with Crippen LogP contribution in [0.15, 0.2) is 0 Å². The second-order valence-corrected chi connectivity index (χ2v) is 3.66. The molecule has 0 spiro atoms. The smallest absolute Gasteiger partial charge is 0.317 e. The molecule has 5 nitrogen and oxygen atoms in total. The van der Waals surface area contributed by atoms with Crippen LogP contribution in [-0.2, 0) is 9.59 Å². The molecule has 0 fully saturated rings. The van der Waals surface area contributed by atoms with Crippen molar-refractivity contribution in [3.8, 4) is 0 Å². The third-order valence-electron chi connectivity index (χ3n) is 1.98. The molecule has 0 radical (unpaired) electrons. The van der Waals surface area contributed by atoms with E-state index in [1.165, 1.54) is 4.90 Å². The van der Waals surface area contributed by atoms with Gasteiger partial charge in [0.2, 0.25) is 5.91 Å². The van der Waals surface area contributed by atoms with Crippen molar-refractivity contribution < 1.29 is 14.7 Å². The Morgan fingerprint density at radius 3 is 2.07 bits per heavy atom. The van der Waals surface area contributed by atoms with E-state index in [-0.39, 0.29) is 25.0 Å². The molecule has 0 aliphatic heterocycles. The van der Waals surface area contributed by atoms with Gasteiger partial charge in [-0.25, -0.2) is 0 Å². The standard InChI is InChI=1S/C9H18N2O3/c1-7(2)11(4)8(12)5-10(3)6-9(13)14/h7H,5-6H2,1-4H3,(H,13,14). The summed E-state index contributed by atoms with van der Waals surface area (Å²) in [5.41, 5.74) is 0. The van der Waals surface area contributed by atoms with Crippen molar-refractivity contribution in [1.82, 2.24) is 9.80 Å². The second kappa shape index (κ2) is 5.59. The molecule has 14 heavy (non-hydrogen) atoms. The van der Waals surface area contributed by atoms with Gasteiger partial charge in [-0.15, -0.1) is 0 Å². The molecule has 0 aromatic heterocycles. The Hall–Kier alpha value is -1.10. The average Bonchev–Trinajstić information content (AvgIpc) is 2.00. The number of carbonyl (C=O) groups excluding carboxylic acids is 1. The van der Waals surface area contributed by atoms with Crippen molar-refractivity contribution in [2.45, 2.75) is 19.9 Å². The number of hydrogen-bond donors (Lipinski definition) is 1. The van der Waals surface area contributed by atoms with Crippen LogP contribution in [-0.4, -0.2) is 60.0 Å². The van der Waals surface area contributed by atoms with Gasteiger partial charge in [-0.2, -0.15) is 0 Å². The average molecular weight is 202 g/mol. The Kier molecular flexibility index (Phi) is 5.15. The Morgan fingerprint density at radius 1 is 1.21 bits per heavy atom. The number of carboxylic acids is 1. The highest BCUT2D eigenvalue weighted by molar-refractivity contribution is 5.79. The van der Waals surface area contributed by atoms with Gasteiger partial charge in [-0.3, -0.25) is 14.5 Å². The fourth-order valence-electron chi connectivity index (χ4n) is 0.917. The van der Waals surface area contributed by atoms with E-state index in [2.05, 4.69) is 0 Å². The van der Waals surface area contributed by atoms with Crippen molar-refractivity contribution in [1.29, 1.82) is 0 Å². The number of rotatable bonds is 5. The molecular formula is C9H18N2O3. The van der Waals surface area contributed by atoms with E-state index in [0.717, 1.165) is 0 Å². The molecule has 0 bridgehead atoms. The number of aliphatic carboxylic acids is 1. The van der Waals surface area contributed by atoms with E-state index >= 15 is 0 Å². The predicted molar refractivity (Wildman–Crippen MR) is 53.0 cm³/mol. The van der Waals surface area contributed by atoms with Gasteiger partial charge >= 0.3 is 5.97 Å². The first-order valence-corrected chi connectivity index (χ1v) is 4.50. The molecule has 0 heterocycles. The number of carbonyl (C=O) groups is 2. The van der Waals surface area contributed by atoms with Crippen LogP contribution in [0.1, 0.15) is 13.8 Å². The second-order valence-electron chi connectivity index (χ2n) is 3.66. The molecule has 0 aromatic carbocycles. The first kappa shape index (κ1) is 12.9. The van der Waals surface area contributed by atoms with Gasteiger partial charge in [0.15, 0.2) is 0 Å². The summed E-state index contributed by atoms with van der Waals surface area (Å²) in [6, 6.07) is 0.140. The van der Waals surface area contributed by atoms with E-state index in [1.807, 2.05) is 13.8 Å². The lowest BCUT2D eigenvalue weighted by atomic mass is 10.3. The normalized spacial score (nSPS) is 10.7. The van der Waals surface area contributed by atoms with Crippen LogP contribution in [0.5, 0.6) is 0 Å². The van der Waals surface area contributed by atoms with E-state index in [1.54, 1.807) is 19.0 Å². The summed E-state index contributed by atoms with van der Waals surface area (Å²) in [6.07, 6.45) is 0. The third-order valence-corrected chi connectivity index (χ3v) is 1.98. The van der Waals surface area contributed by atoms with Crippen molar-refractivity contribution >= 4 is 11.9 Å². The molecular weight excluding hydrogens is 184 g/mol. The summed E-state index contributed by atoms with van der Waals surface area (Å²) in [7, 11) is 3.32. The van der Waals surface area contributed by atoms with Crippen molar-refractivity contribution in [2.75, 3.05) is 27.2 Å². The van der Waals surface area contributed by atoms with E-state index < -0.39 is 5.97 Å². The topological polar surface area (TPSA) is 60.9 Å². The summed E-state index contributed by atoms with van der Waals surface area (Å²) < 4.78 is 0. The van der Waals surface area contributed by atoms with Crippen LogP contribution in [0, 0.1) is 0 Å². The summed E-state index contributed by atoms with van der Waals surface area (Å²) in [5.74, 6) is -0.990. The molecule has 0 saturated carbocycles. The quantitative estimate of drug-likeness (QED) is 0.674. The van der Waals surface area contributed by atoms with Gasteiger partial charge in [0.1, 0.15) is 0 Å². The molecule has 0 saturated heterocycles. The molecule has 5 heteroatoms. The first-order chi connectivity index (χ1) is 6.34. The molecule has 82 valence electrons. The van der Waals surface area contributed by atoms with Crippen molar-refractivity contribution in [2.24, 2.45) is 0 Å². The monoisotopic (exact) mass is 202 g/mol. The third kappa shape index (κ3) is 4.81. The maximum Gasteiger partial charge on any atom is 0.317 e. The summed E-state index contributed by atoms with van der Waals surface area (Å²) in [5, 5.41) is 8.48. The summed E-state index contributed by atoms with van der Waals surface area (Å²) in [4.78, 5) is 24.9. The highest BCUT2D eigenvalue weighted by Gasteiger charge is 2.15. The molecule has 0 rings (SSSR count). The van der Waals surface area contributed by atoms with Gasteiger partial charge in [0.05, 0.1) is 13.1 Å². The number of hydrogen-bond acceptors (Lipinski definition) is 3.